The van der Waals surface area contributed by atoms with Crippen molar-refractivity contribution in [2.24, 2.45) is 0 Å². The lowest BCUT2D eigenvalue weighted by Crippen LogP contribution is -2.37. The van der Waals surface area contributed by atoms with Crippen LogP contribution in [0.4, 0.5) is 20.2 Å². The number of carbonyl (C=O) groups excluding carboxylic acids is 2. The molecule has 0 aromatic heterocycles. The van der Waals surface area contributed by atoms with Gasteiger partial charge in [-0.25, -0.2) is 8.78 Å². The Morgan fingerprint density at radius 1 is 1.16 bits per heavy atom. The number of ether oxygens (including phenoxy) is 1. The van der Waals surface area contributed by atoms with Gasteiger partial charge < -0.3 is 15.0 Å². The second-order valence-corrected chi connectivity index (χ2v) is 5.45. The number of benzene rings is 2. The van der Waals surface area contributed by atoms with Gasteiger partial charge in [0.15, 0.2) is 0 Å². The van der Waals surface area contributed by atoms with Crippen molar-refractivity contribution in [3.05, 3.63) is 53.6 Å². The average Bonchev–Trinajstić information content (AvgIpc) is 2.53. The van der Waals surface area contributed by atoms with E-state index in [0.717, 1.165) is 22.6 Å². The number of anilines is 2. The number of nitrogens with zero attached hydrogens (tertiary/aromatic N) is 1. The van der Waals surface area contributed by atoms with Gasteiger partial charge in [0.05, 0.1) is 18.5 Å². The Labute approximate surface area is 144 Å². The molecule has 0 heterocycles. The third kappa shape index (κ3) is 4.53. The maximum Gasteiger partial charge on any atom is 0.244 e. The van der Waals surface area contributed by atoms with Gasteiger partial charge >= 0.3 is 0 Å². The monoisotopic (exact) mass is 348 g/mol. The molecule has 0 spiro atoms. The molecule has 0 aliphatic rings. The molecule has 0 unspecified atom stereocenters. The van der Waals surface area contributed by atoms with Crippen LogP contribution >= 0.6 is 0 Å². The molecule has 2 aromatic carbocycles. The molecule has 132 valence electrons. The van der Waals surface area contributed by atoms with Gasteiger partial charge in [0.1, 0.15) is 23.9 Å². The quantitative estimate of drug-likeness (QED) is 0.902. The van der Waals surface area contributed by atoms with Gasteiger partial charge in [0.25, 0.3) is 0 Å². The summed E-state index contributed by atoms with van der Waals surface area (Å²) in [5.74, 6) is -2.31. The summed E-state index contributed by atoms with van der Waals surface area (Å²) >= 11 is 0. The summed E-state index contributed by atoms with van der Waals surface area (Å²) in [5.41, 5.74) is 1.18. The fourth-order valence-corrected chi connectivity index (χ4v) is 2.32. The SMILES string of the molecule is COc1ccc(C)cc1NC(=O)CN(C(C)=O)c1ccc(F)cc1F. The highest BCUT2D eigenvalue weighted by atomic mass is 19.1. The van der Waals surface area contributed by atoms with Crippen LogP contribution < -0.4 is 15.0 Å². The van der Waals surface area contributed by atoms with E-state index < -0.39 is 30.0 Å². The van der Waals surface area contributed by atoms with Crippen LogP contribution in [0.1, 0.15) is 12.5 Å². The standard InChI is InChI=1S/C18H18F2N2O3/c1-11-4-7-17(25-3)15(8-11)21-18(24)10-22(12(2)23)16-6-5-13(19)9-14(16)20/h4-9H,10H2,1-3H3,(H,21,24). The van der Waals surface area contributed by atoms with Crippen LogP contribution in [0.25, 0.3) is 0 Å². The summed E-state index contributed by atoms with van der Waals surface area (Å²) in [5, 5.41) is 2.63. The third-order valence-electron chi connectivity index (χ3n) is 3.51. The maximum atomic E-state index is 13.9. The van der Waals surface area contributed by atoms with Gasteiger partial charge in [-0.2, -0.15) is 0 Å². The Hall–Kier alpha value is -2.96. The van der Waals surface area contributed by atoms with Crippen LogP contribution in [0.2, 0.25) is 0 Å². The van der Waals surface area contributed by atoms with E-state index in [0.29, 0.717) is 17.5 Å². The number of methoxy groups -OCH3 is 1. The lowest BCUT2D eigenvalue weighted by molar-refractivity contribution is -0.120. The zero-order valence-electron chi connectivity index (χ0n) is 14.1. The van der Waals surface area contributed by atoms with E-state index in [1.54, 1.807) is 12.1 Å². The Morgan fingerprint density at radius 2 is 1.88 bits per heavy atom. The minimum atomic E-state index is -0.920. The van der Waals surface area contributed by atoms with Gasteiger partial charge in [0.2, 0.25) is 11.8 Å². The van der Waals surface area contributed by atoms with Crippen molar-refractivity contribution in [3.8, 4) is 5.75 Å². The van der Waals surface area contributed by atoms with Crippen LogP contribution in [-0.2, 0) is 9.59 Å². The first-order valence-corrected chi connectivity index (χ1v) is 7.49. The highest BCUT2D eigenvalue weighted by Gasteiger charge is 2.20. The summed E-state index contributed by atoms with van der Waals surface area (Å²) < 4.78 is 32.1. The van der Waals surface area contributed by atoms with Crippen molar-refractivity contribution < 1.29 is 23.1 Å². The van der Waals surface area contributed by atoms with Crippen LogP contribution in [-0.4, -0.2) is 25.5 Å². The van der Waals surface area contributed by atoms with Crippen LogP contribution in [0.15, 0.2) is 36.4 Å². The lowest BCUT2D eigenvalue weighted by atomic mass is 10.2. The van der Waals surface area contributed by atoms with E-state index in [-0.39, 0.29) is 5.69 Å². The molecule has 2 rings (SSSR count). The Morgan fingerprint density at radius 3 is 2.48 bits per heavy atom. The fourth-order valence-electron chi connectivity index (χ4n) is 2.32. The van der Waals surface area contributed by atoms with Gasteiger partial charge in [-0.1, -0.05) is 6.07 Å². The van der Waals surface area contributed by atoms with E-state index in [9.17, 15) is 18.4 Å². The molecule has 25 heavy (non-hydrogen) atoms. The van der Waals surface area contributed by atoms with Crippen LogP contribution in [0, 0.1) is 18.6 Å². The second kappa shape index (κ2) is 7.74. The smallest absolute Gasteiger partial charge is 0.244 e. The second-order valence-electron chi connectivity index (χ2n) is 5.45. The minimum Gasteiger partial charge on any atom is -0.495 e. The Kier molecular flexibility index (Phi) is 5.69. The molecule has 0 atom stereocenters. The average molecular weight is 348 g/mol. The van der Waals surface area contributed by atoms with Gasteiger partial charge in [-0.15, -0.1) is 0 Å². The molecule has 0 saturated heterocycles. The number of aryl methyl sites for hydroxylation is 1. The predicted molar refractivity (Wildman–Crippen MR) is 90.7 cm³/mol. The number of rotatable bonds is 5. The summed E-state index contributed by atoms with van der Waals surface area (Å²) in [6.45, 7) is 2.63. The summed E-state index contributed by atoms with van der Waals surface area (Å²) in [4.78, 5) is 25.0. The van der Waals surface area contributed by atoms with E-state index in [1.165, 1.54) is 14.0 Å². The molecule has 0 fully saturated rings. The third-order valence-corrected chi connectivity index (χ3v) is 3.51. The molecular weight excluding hydrogens is 330 g/mol. The summed E-state index contributed by atoms with van der Waals surface area (Å²) in [7, 11) is 1.47. The zero-order chi connectivity index (χ0) is 18.6. The summed E-state index contributed by atoms with van der Waals surface area (Å²) in [6, 6.07) is 8.04. The Balaban J connectivity index is 2.21. The topological polar surface area (TPSA) is 58.6 Å². The van der Waals surface area contributed by atoms with E-state index in [2.05, 4.69) is 5.32 Å². The lowest BCUT2D eigenvalue weighted by Gasteiger charge is -2.21. The molecule has 2 aromatic rings. The molecule has 7 heteroatoms. The van der Waals surface area contributed by atoms with Crippen molar-refractivity contribution in [1.82, 2.24) is 0 Å². The molecule has 5 nitrogen and oxygen atoms in total. The van der Waals surface area contributed by atoms with Crippen molar-refractivity contribution in [1.29, 1.82) is 0 Å². The molecule has 0 aliphatic carbocycles. The number of hydrogen-bond donors (Lipinski definition) is 1. The molecule has 0 aliphatic heterocycles. The van der Waals surface area contributed by atoms with Crippen LogP contribution in [0.5, 0.6) is 5.75 Å². The summed E-state index contributed by atoms with van der Waals surface area (Å²) in [6.07, 6.45) is 0. The first kappa shape index (κ1) is 18.4. The molecule has 1 N–H and O–H groups in total. The van der Waals surface area contributed by atoms with E-state index in [4.69, 9.17) is 4.74 Å². The zero-order valence-corrected chi connectivity index (χ0v) is 14.1. The number of nitrogens with one attached hydrogen (secondary N) is 1. The first-order valence-electron chi connectivity index (χ1n) is 7.49. The molecule has 2 amide bonds. The number of halogens is 2. The number of amides is 2. The van der Waals surface area contributed by atoms with E-state index >= 15 is 0 Å². The van der Waals surface area contributed by atoms with Crippen molar-refractivity contribution in [2.45, 2.75) is 13.8 Å². The van der Waals surface area contributed by atoms with Crippen LogP contribution in [0.3, 0.4) is 0 Å². The highest BCUT2D eigenvalue weighted by molar-refractivity contribution is 6.02. The van der Waals surface area contributed by atoms with Crippen molar-refractivity contribution in [2.75, 3.05) is 23.9 Å². The van der Waals surface area contributed by atoms with Gasteiger partial charge in [-0.3, -0.25) is 9.59 Å². The predicted octanol–water partition coefficient (Wildman–Crippen LogP) is 3.27. The maximum absolute atomic E-state index is 13.9. The molecule has 0 radical (unpaired) electrons. The van der Waals surface area contributed by atoms with E-state index in [1.807, 2.05) is 13.0 Å². The van der Waals surface area contributed by atoms with Crippen molar-refractivity contribution in [3.63, 3.8) is 0 Å². The number of hydrogen-bond acceptors (Lipinski definition) is 3. The minimum absolute atomic E-state index is 0.166. The molecule has 0 bridgehead atoms. The normalized spacial score (nSPS) is 10.3. The van der Waals surface area contributed by atoms with Crippen molar-refractivity contribution >= 4 is 23.2 Å². The fraction of sp³-hybridized carbons (Fsp3) is 0.222. The molecular formula is C18H18F2N2O3. The Bertz CT molecular complexity index is 809. The molecule has 0 saturated carbocycles. The van der Waals surface area contributed by atoms with Gasteiger partial charge in [-0.05, 0) is 36.8 Å². The highest BCUT2D eigenvalue weighted by Crippen LogP contribution is 2.26. The van der Waals surface area contributed by atoms with Gasteiger partial charge in [0, 0.05) is 13.0 Å². The number of carbonyl (C=O) groups is 2. The first-order chi connectivity index (χ1) is 11.8. The largest absolute Gasteiger partial charge is 0.495 e.